The quantitative estimate of drug-likeness (QED) is 0.767. The maximum Gasteiger partial charge on any atom is 0.417 e. The van der Waals surface area contributed by atoms with Crippen LogP contribution < -0.4 is 16.8 Å². The number of nitrogens with two attached hydrogens (primary N) is 1. The number of aromatic nitrogens is 1. The van der Waals surface area contributed by atoms with Gasteiger partial charge in [-0.25, -0.2) is 4.79 Å². The van der Waals surface area contributed by atoms with Crippen LogP contribution in [0.15, 0.2) is 27.4 Å². The Labute approximate surface area is 112 Å². The van der Waals surface area contributed by atoms with Crippen molar-refractivity contribution in [2.24, 2.45) is 11.1 Å². The second kappa shape index (κ2) is 5.19. The largest absolute Gasteiger partial charge is 0.417 e. The van der Waals surface area contributed by atoms with Crippen LogP contribution in [0.4, 0.5) is 0 Å². The fraction of sp³-hybridized carbons (Fsp3) is 0.500. The normalized spacial score (nSPS) is 13.9. The molecule has 19 heavy (non-hydrogen) atoms. The highest BCUT2D eigenvalue weighted by Gasteiger charge is 2.22. The van der Waals surface area contributed by atoms with Gasteiger partial charge in [0.25, 0.3) is 0 Å². The van der Waals surface area contributed by atoms with Gasteiger partial charge in [-0.1, -0.05) is 19.9 Å². The zero-order chi connectivity index (χ0) is 14.0. The van der Waals surface area contributed by atoms with Crippen LogP contribution in [-0.4, -0.2) is 18.6 Å². The summed E-state index contributed by atoms with van der Waals surface area (Å²) in [6.45, 7) is 4.93. The van der Waals surface area contributed by atoms with Crippen LogP contribution >= 0.6 is 0 Å². The van der Waals surface area contributed by atoms with Crippen molar-refractivity contribution in [3.8, 4) is 0 Å². The van der Waals surface area contributed by atoms with Crippen molar-refractivity contribution in [3.05, 3.63) is 34.3 Å². The Morgan fingerprint density at radius 3 is 2.84 bits per heavy atom. The maximum absolute atomic E-state index is 11.2. The standard InChI is InChI=1S/C14H21N3O2/c1-14(2,8-15)7-11(16-3)9-4-5-12-10(6-9)17-13(18)19-12/h4-6,11,16H,7-8,15H2,1-3H3,(H,17,18). The molecule has 0 aliphatic carbocycles. The van der Waals surface area contributed by atoms with E-state index in [4.69, 9.17) is 10.2 Å². The zero-order valence-corrected chi connectivity index (χ0v) is 11.6. The molecule has 5 heteroatoms. The molecule has 1 heterocycles. The number of rotatable bonds is 5. The van der Waals surface area contributed by atoms with Gasteiger partial charge in [-0.3, -0.25) is 4.98 Å². The van der Waals surface area contributed by atoms with E-state index < -0.39 is 5.76 Å². The third kappa shape index (κ3) is 3.05. The third-order valence-electron chi connectivity index (χ3n) is 3.50. The molecule has 1 aromatic heterocycles. The molecule has 0 aliphatic heterocycles. The number of oxazole rings is 1. The van der Waals surface area contributed by atoms with E-state index >= 15 is 0 Å². The average molecular weight is 263 g/mol. The molecule has 0 aliphatic rings. The van der Waals surface area contributed by atoms with Gasteiger partial charge in [-0.2, -0.15) is 0 Å². The molecule has 2 aromatic rings. The topological polar surface area (TPSA) is 84.0 Å². The van der Waals surface area contributed by atoms with E-state index in [0.29, 0.717) is 12.1 Å². The molecule has 0 saturated carbocycles. The molecule has 1 unspecified atom stereocenters. The first-order valence-electron chi connectivity index (χ1n) is 6.45. The lowest BCUT2D eigenvalue weighted by Gasteiger charge is -2.28. The van der Waals surface area contributed by atoms with Crippen molar-refractivity contribution in [1.82, 2.24) is 10.3 Å². The van der Waals surface area contributed by atoms with Crippen molar-refractivity contribution in [3.63, 3.8) is 0 Å². The Balaban J connectivity index is 2.32. The summed E-state index contributed by atoms with van der Waals surface area (Å²) in [5.41, 5.74) is 8.29. The minimum atomic E-state index is -0.421. The van der Waals surface area contributed by atoms with E-state index in [1.165, 1.54) is 0 Å². The first-order valence-corrected chi connectivity index (χ1v) is 6.45. The number of H-pyrrole nitrogens is 1. The van der Waals surface area contributed by atoms with Crippen LogP contribution in [0.2, 0.25) is 0 Å². The van der Waals surface area contributed by atoms with E-state index in [1.807, 2.05) is 25.2 Å². The van der Waals surface area contributed by atoms with Crippen LogP contribution in [0.25, 0.3) is 11.1 Å². The van der Waals surface area contributed by atoms with Crippen LogP contribution in [0, 0.1) is 5.41 Å². The monoisotopic (exact) mass is 263 g/mol. The highest BCUT2D eigenvalue weighted by molar-refractivity contribution is 5.72. The van der Waals surface area contributed by atoms with Gasteiger partial charge in [0.1, 0.15) is 0 Å². The number of nitrogens with one attached hydrogen (secondary N) is 2. The summed E-state index contributed by atoms with van der Waals surface area (Å²) in [6.07, 6.45) is 0.924. The number of hydrogen-bond donors (Lipinski definition) is 3. The predicted molar refractivity (Wildman–Crippen MR) is 76.1 cm³/mol. The SMILES string of the molecule is CNC(CC(C)(C)CN)c1ccc2oc(=O)[nH]c2c1. The molecule has 4 N–H and O–H groups in total. The van der Waals surface area contributed by atoms with Gasteiger partial charge in [-0.15, -0.1) is 0 Å². The molecule has 0 fully saturated rings. The predicted octanol–water partition coefficient (Wildman–Crippen LogP) is 1.76. The van der Waals surface area contributed by atoms with Crippen molar-refractivity contribution < 1.29 is 4.42 Å². The second-order valence-electron chi connectivity index (χ2n) is 5.68. The van der Waals surface area contributed by atoms with E-state index in [2.05, 4.69) is 24.1 Å². The average Bonchev–Trinajstić information content (AvgIpc) is 2.75. The van der Waals surface area contributed by atoms with Crippen LogP contribution in [0.1, 0.15) is 31.9 Å². The van der Waals surface area contributed by atoms with E-state index in [9.17, 15) is 4.79 Å². The molecule has 5 nitrogen and oxygen atoms in total. The summed E-state index contributed by atoms with van der Waals surface area (Å²) in [7, 11) is 1.93. The van der Waals surface area contributed by atoms with Crippen LogP contribution in [0.5, 0.6) is 0 Å². The van der Waals surface area contributed by atoms with Gasteiger partial charge in [0.2, 0.25) is 0 Å². The molecule has 1 atom stereocenters. The van der Waals surface area contributed by atoms with Crippen LogP contribution in [-0.2, 0) is 0 Å². The van der Waals surface area contributed by atoms with Gasteiger partial charge < -0.3 is 15.5 Å². The van der Waals surface area contributed by atoms with Gasteiger partial charge >= 0.3 is 5.76 Å². The molecular weight excluding hydrogens is 242 g/mol. The minimum Gasteiger partial charge on any atom is -0.408 e. The second-order valence-corrected chi connectivity index (χ2v) is 5.68. The maximum atomic E-state index is 11.2. The molecule has 104 valence electrons. The van der Waals surface area contributed by atoms with E-state index in [-0.39, 0.29) is 11.5 Å². The Morgan fingerprint density at radius 1 is 1.47 bits per heavy atom. The Kier molecular flexibility index (Phi) is 3.78. The van der Waals surface area contributed by atoms with E-state index in [1.54, 1.807) is 0 Å². The molecule has 2 rings (SSSR count). The lowest BCUT2D eigenvalue weighted by molar-refractivity contribution is 0.299. The highest BCUT2D eigenvalue weighted by atomic mass is 16.4. The smallest absolute Gasteiger partial charge is 0.408 e. The Hall–Kier alpha value is -1.59. The summed E-state index contributed by atoms with van der Waals surface area (Å²) in [6, 6.07) is 5.95. The van der Waals surface area contributed by atoms with Crippen molar-refractivity contribution in [2.45, 2.75) is 26.3 Å². The Bertz CT molecular complexity index is 612. The van der Waals surface area contributed by atoms with Gasteiger partial charge in [0.05, 0.1) is 5.52 Å². The first kappa shape index (κ1) is 13.8. The number of benzene rings is 1. The summed E-state index contributed by atoms with van der Waals surface area (Å²) in [4.78, 5) is 13.8. The molecule has 0 bridgehead atoms. The molecule has 0 spiro atoms. The van der Waals surface area contributed by atoms with Gasteiger partial charge in [-0.05, 0) is 43.1 Å². The van der Waals surface area contributed by atoms with Gasteiger partial charge in [0.15, 0.2) is 5.58 Å². The fourth-order valence-electron chi connectivity index (χ4n) is 2.21. The lowest BCUT2D eigenvalue weighted by atomic mass is 9.83. The summed E-state index contributed by atoms with van der Waals surface area (Å²) in [5, 5.41) is 3.30. The summed E-state index contributed by atoms with van der Waals surface area (Å²) >= 11 is 0. The lowest BCUT2D eigenvalue weighted by Crippen LogP contribution is -2.30. The Morgan fingerprint density at radius 2 is 2.21 bits per heavy atom. The van der Waals surface area contributed by atoms with Crippen molar-refractivity contribution in [1.29, 1.82) is 0 Å². The van der Waals surface area contributed by atoms with Crippen molar-refractivity contribution >= 4 is 11.1 Å². The number of hydrogen-bond acceptors (Lipinski definition) is 4. The fourth-order valence-corrected chi connectivity index (χ4v) is 2.21. The van der Waals surface area contributed by atoms with Crippen molar-refractivity contribution in [2.75, 3.05) is 13.6 Å². The molecule has 0 amide bonds. The summed E-state index contributed by atoms with van der Waals surface area (Å²) in [5.74, 6) is -0.421. The van der Waals surface area contributed by atoms with Crippen LogP contribution in [0.3, 0.4) is 0 Å². The van der Waals surface area contributed by atoms with Gasteiger partial charge in [0, 0.05) is 6.04 Å². The minimum absolute atomic E-state index is 0.0619. The molecular formula is C14H21N3O2. The highest BCUT2D eigenvalue weighted by Crippen LogP contribution is 2.29. The first-order chi connectivity index (χ1) is 8.95. The third-order valence-corrected chi connectivity index (χ3v) is 3.50. The summed E-state index contributed by atoms with van der Waals surface area (Å²) < 4.78 is 5.01. The van der Waals surface area contributed by atoms with E-state index in [0.717, 1.165) is 17.5 Å². The molecule has 0 saturated heterocycles. The zero-order valence-electron chi connectivity index (χ0n) is 11.6. The number of aromatic amines is 1. The molecule has 1 aromatic carbocycles. The number of fused-ring (bicyclic) bond motifs is 1. The molecule has 0 radical (unpaired) electrons.